The Morgan fingerprint density at radius 2 is 2.25 bits per heavy atom. The molecule has 0 bridgehead atoms. The summed E-state index contributed by atoms with van der Waals surface area (Å²) < 4.78 is 4.81. The lowest BCUT2D eigenvalue weighted by molar-refractivity contribution is 0.878. The molecule has 0 saturated carbocycles. The van der Waals surface area contributed by atoms with E-state index in [1.807, 2.05) is 13.8 Å². The standard InChI is InChI=1S/C9H11N5S2/c1-3-6-13-7(10)5(2)8(14-6)15-9-11-4-12-16-9/h4H,3H2,1-2H3,(H2,10,13,14). The molecule has 84 valence electrons. The molecule has 0 amide bonds. The van der Waals surface area contributed by atoms with E-state index in [9.17, 15) is 0 Å². The molecule has 16 heavy (non-hydrogen) atoms. The second kappa shape index (κ2) is 4.75. The number of nitrogens with zero attached hydrogens (tertiary/aromatic N) is 4. The number of aromatic nitrogens is 4. The predicted octanol–water partition coefficient (Wildman–Crippen LogP) is 1.93. The SMILES string of the molecule is CCc1nc(N)c(C)c(Sc2ncns2)n1. The first kappa shape index (κ1) is 11.3. The van der Waals surface area contributed by atoms with E-state index >= 15 is 0 Å². The van der Waals surface area contributed by atoms with Crippen LogP contribution in [0.2, 0.25) is 0 Å². The minimum atomic E-state index is 0.541. The van der Waals surface area contributed by atoms with Crippen molar-refractivity contribution in [2.75, 3.05) is 5.73 Å². The average molecular weight is 253 g/mol. The predicted molar refractivity (Wildman–Crippen MR) is 64.6 cm³/mol. The maximum absolute atomic E-state index is 5.83. The Balaban J connectivity index is 2.36. The molecule has 2 rings (SSSR count). The van der Waals surface area contributed by atoms with Crippen LogP contribution in [0.1, 0.15) is 18.3 Å². The summed E-state index contributed by atoms with van der Waals surface area (Å²) in [7, 11) is 0. The Bertz CT molecular complexity index is 483. The molecule has 0 aromatic carbocycles. The minimum absolute atomic E-state index is 0.541. The lowest BCUT2D eigenvalue weighted by Gasteiger charge is -2.06. The highest BCUT2D eigenvalue weighted by Crippen LogP contribution is 2.30. The van der Waals surface area contributed by atoms with Crippen LogP contribution in [0.4, 0.5) is 5.82 Å². The zero-order valence-corrected chi connectivity index (χ0v) is 10.6. The monoisotopic (exact) mass is 253 g/mol. The number of nitrogen functional groups attached to an aromatic ring is 1. The first-order chi connectivity index (χ1) is 7.70. The van der Waals surface area contributed by atoms with Crippen LogP contribution in [0.5, 0.6) is 0 Å². The molecule has 0 unspecified atom stereocenters. The van der Waals surface area contributed by atoms with Crippen molar-refractivity contribution in [1.82, 2.24) is 19.3 Å². The molecule has 0 spiro atoms. The molecular weight excluding hydrogens is 242 g/mol. The molecule has 7 heteroatoms. The fourth-order valence-electron chi connectivity index (χ4n) is 1.11. The number of nitrogens with two attached hydrogens (primary N) is 1. The van der Waals surface area contributed by atoms with Crippen LogP contribution < -0.4 is 5.73 Å². The van der Waals surface area contributed by atoms with E-state index in [1.54, 1.807) is 0 Å². The maximum atomic E-state index is 5.83. The van der Waals surface area contributed by atoms with Gasteiger partial charge >= 0.3 is 0 Å². The summed E-state index contributed by atoms with van der Waals surface area (Å²) in [6.45, 7) is 3.92. The Morgan fingerprint density at radius 3 is 2.88 bits per heavy atom. The fourth-order valence-corrected chi connectivity index (χ4v) is 2.57. The third-order valence-electron chi connectivity index (χ3n) is 2.03. The molecule has 0 aliphatic rings. The van der Waals surface area contributed by atoms with Crippen LogP contribution in [0.3, 0.4) is 0 Å². The van der Waals surface area contributed by atoms with Gasteiger partial charge in [0.15, 0.2) is 4.34 Å². The largest absolute Gasteiger partial charge is 0.383 e. The fraction of sp³-hybridized carbons (Fsp3) is 0.333. The van der Waals surface area contributed by atoms with Gasteiger partial charge in [0.25, 0.3) is 0 Å². The van der Waals surface area contributed by atoms with Crippen molar-refractivity contribution in [2.45, 2.75) is 29.6 Å². The van der Waals surface area contributed by atoms with Crippen LogP contribution >= 0.6 is 23.3 Å². The summed E-state index contributed by atoms with van der Waals surface area (Å²) in [5, 5.41) is 0.862. The Hall–Kier alpha value is -1.21. The molecule has 0 radical (unpaired) electrons. The average Bonchev–Trinajstić information content (AvgIpc) is 2.77. The third-order valence-corrected chi connectivity index (χ3v) is 3.83. The molecule has 0 aliphatic carbocycles. The summed E-state index contributed by atoms with van der Waals surface area (Å²) in [6, 6.07) is 0. The summed E-state index contributed by atoms with van der Waals surface area (Å²) in [5.41, 5.74) is 6.73. The zero-order chi connectivity index (χ0) is 11.5. The molecule has 2 N–H and O–H groups in total. The normalized spacial score (nSPS) is 10.6. The van der Waals surface area contributed by atoms with E-state index in [0.29, 0.717) is 5.82 Å². The van der Waals surface area contributed by atoms with Crippen LogP contribution in [0, 0.1) is 6.92 Å². The lowest BCUT2D eigenvalue weighted by Crippen LogP contribution is -2.03. The number of aryl methyl sites for hydroxylation is 1. The first-order valence-corrected chi connectivity index (χ1v) is 6.37. The third kappa shape index (κ3) is 2.30. The van der Waals surface area contributed by atoms with Crippen molar-refractivity contribution in [3.8, 4) is 0 Å². The highest BCUT2D eigenvalue weighted by Gasteiger charge is 2.10. The zero-order valence-electron chi connectivity index (χ0n) is 8.97. The number of anilines is 1. The van der Waals surface area contributed by atoms with E-state index in [0.717, 1.165) is 27.2 Å². The van der Waals surface area contributed by atoms with Crippen molar-refractivity contribution >= 4 is 29.1 Å². The van der Waals surface area contributed by atoms with Gasteiger partial charge in [0, 0.05) is 12.0 Å². The topological polar surface area (TPSA) is 77.6 Å². The van der Waals surface area contributed by atoms with Gasteiger partial charge in [0.05, 0.1) is 0 Å². The van der Waals surface area contributed by atoms with Gasteiger partial charge in [0.1, 0.15) is 23.0 Å². The lowest BCUT2D eigenvalue weighted by atomic mass is 10.3. The maximum Gasteiger partial charge on any atom is 0.176 e. The highest BCUT2D eigenvalue weighted by molar-refractivity contribution is 8.00. The van der Waals surface area contributed by atoms with Crippen LogP contribution in [-0.4, -0.2) is 19.3 Å². The van der Waals surface area contributed by atoms with Gasteiger partial charge in [-0.3, -0.25) is 0 Å². The van der Waals surface area contributed by atoms with Crippen LogP contribution in [-0.2, 0) is 6.42 Å². The summed E-state index contributed by atoms with van der Waals surface area (Å²) in [6.07, 6.45) is 2.31. The van der Waals surface area contributed by atoms with Gasteiger partial charge < -0.3 is 5.73 Å². The summed E-state index contributed by atoms with van der Waals surface area (Å²) >= 11 is 2.82. The summed E-state index contributed by atoms with van der Waals surface area (Å²) in [5.74, 6) is 1.30. The second-order valence-corrected chi connectivity index (χ2v) is 5.13. The first-order valence-electron chi connectivity index (χ1n) is 4.78. The van der Waals surface area contributed by atoms with Crippen molar-refractivity contribution in [3.63, 3.8) is 0 Å². The number of rotatable bonds is 3. The quantitative estimate of drug-likeness (QED) is 0.842. The second-order valence-electron chi connectivity index (χ2n) is 3.12. The van der Waals surface area contributed by atoms with Gasteiger partial charge in [-0.15, -0.1) is 0 Å². The van der Waals surface area contributed by atoms with Crippen LogP contribution in [0.25, 0.3) is 0 Å². The molecule has 0 fully saturated rings. The van der Waals surface area contributed by atoms with Crippen molar-refractivity contribution in [2.24, 2.45) is 0 Å². The summed E-state index contributed by atoms with van der Waals surface area (Å²) in [4.78, 5) is 12.7. The minimum Gasteiger partial charge on any atom is -0.383 e. The van der Waals surface area contributed by atoms with E-state index in [1.165, 1.54) is 29.6 Å². The number of hydrogen-bond acceptors (Lipinski definition) is 7. The van der Waals surface area contributed by atoms with Gasteiger partial charge in [-0.05, 0) is 30.2 Å². The van der Waals surface area contributed by atoms with Crippen molar-refractivity contribution in [1.29, 1.82) is 0 Å². The van der Waals surface area contributed by atoms with Crippen LogP contribution in [0.15, 0.2) is 15.7 Å². The van der Waals surface area contributed by atoms with E-state index in [4.69, 9.17) is 5.73 Å². The Morgan fingerprint density at radius 1 is 1.44 bits per heavy atom. The van der Waals surface area contributed by atoms with Crippen molar-refractivity contribution in [3.05, 3.63) is 17.7 Å². The molecule has 2 heterocycles. The van der Waals surface area contributed by atoms with Gasteiger partial charge in [-0.1, -0.05) is 6.92 Å². The van der Waals surface area contributed by atoms with E-state index in [2.05, 4.69) is 19.3 Å². The highest BCUT2D eigenvalue weighted by atomic mass is 32.2. The molecule has 2 aromatic heterocycles. The molecule has 0 atom stereocenters. The Kier molecular flexibility index (Phi) is 3.35. The Labute approximate surface area is 102 Å². The van der Waals surface area contributed by atoms with Gasteiger partial charge in [0.2, 0.25) is 0 Å². The van der Waals surface area contributed by atoms with Gasteiger partial charge in [-0.25, -0.2) is 15.0 Å². The number of hydrogen-bond donors (Lipinski definition) is 1. The van der Waals surface area contributed by atoms with Crippen molar-refractivity contribution < 1.29 is 0 Å². The molecule has 0 aliphatic heterocycles. The molecule has 0 saturated heterocycles. The smallest absolute Gasteiger partial charge is 0.176 e. The molecule has 2 aromatic rings. The van der Waals surface area contributed by atoms with E-state index in [-0.39, 0.29) is 0 Å². The molecular formula is C9H11N5S2. The van der Waals surface area contributed by atoms with Gasteiger partial charge in [-0.2, -0.15) is 4.37 Å². The van der Waals surface area contributed by atoms with E-state index < -0.39 is 0 Å². The molecule has 5 nitrogen and oxygen atoms in total.